The molecule has 1 rings (SSSR count). The highest BCUT2D eigenvalue weighted by atomic mass is 16.4. The molecule has 17 heavy (non-hydrogen) atoms. The number of rotatable bonds is 5. The minimum Gasteiger partial charge on any atom is -0.480 e. The molecule has 0 aliphatic heterocycles. The number of para-hydroxylation sites is 1. The van der Waals surface area contributed by atoms with E-state index in [1.165, 1.54) is 0 Å². The quantitative estimate of drug-likeness (QED) is 0.823. The number of nitrogens with one attached hydrogen (secondary N) is 1. The average Bonchev–Trinajstić information content (AvgIpc) is 2.20. The first-order chi connectivity index (χ1) is 7.85. The van der Waals surface area contributed by atoms with Crippen molar-refractivity contribution in [3.8, 4) is 0 Å². The van der Waals surface area contributed by atoms with Crippen molar-refractivity contribution < 1.29 is 9.90 Å². The molecule has 1 atom stereocenters. The van der Waals surface area contributed by atoms with Crippen molar-refractivity contribution in [3.63, 3.8) is 0 Å². The first kappa shape index (κ1) is 13.6. The number of aliphatic carboxylic acids is 1. The highest BCUT2D eigenvalue weighted by Crippen LogP contribution is 2.24. The van der Waals surface area contributed by atoms with E-state index in [0.29, 0.717) is 12.3 Å². The van der Waals surface area contributed by atoms with Crippen LogP contribution in [-0.4, -0.2) is 16.6 Å². The number of aryl methyl sites for hydroxylation is 1. The summed E-state index contributed by atoms with van der Waals surface area (Å²) >= 11 is 0. The molecule has 0 saturated carbocycles. The summed E-state index contributed by atoms with van der Waals surface area (Å²) < 4.78 is 0. The molecule has 0 aromatic heterocycles. The lowest BCUT2D eigenvalue weighted by Gasteiger charge is -2.29. The predicted molar refractivity (Wildman–Crippen MR) is 70.3 cm³/mol. The summed E-state index contributed by atoms with van der Waals surface area (Å²) in [7, 11) is 0. The first-order valence-corrected chi connectivity index (χ1v) is 5.92. The number of carbonyl (C=O) groups is 1. The normalized spacial score (nSPS) is 14.4. The Kier molecular flexibility index (Phi) is 4.16. The van der Waals surface area contributed by atoms with Gasteiger partial charge in [0.2, 0.25) is 0 Å². The highest BCUT2D eigenvalue weighted by Gasteiger charge is 2.33. The molecule has 3 nitrogen and oxygen atoms in total. The smallest absolute Gasteiger partial charge is 0.329 e. The van der Waals surface area contributed by atoms with E-state index in [2.05, 4.69) is 5.32 Å². The van der Waals surface area contributed by atoms with E-state index >= 15 is 0 Å². The molecule has 0 amide bonds. The van der Waals surface area contributed by atoms with E-state index in [4.69, 9.17) is 0 Å². The van der Waals surface area contributed by atoms with Crippen molar-refractivity contribution in [2.24, 2.45) is 5.92 Å². The highest BCUT2D eigenvalue weighted by molar-refractivity contribution is 5.82. The van der Waals surface area contributed by atoms with Gasteiger partial charge in [0, 0.05) is 5.69 Å². The minimum atomic E-state index is -0.916. The van der Waals surface area contributed by atoms with Crippen LogP contribution in [0.2, 0.25) is 0 Å². The summed E-state index contributed by atoms with van der Waals surface area (Å²) in [6.45, 7) is 7.77. The zero-order valence-corrected chi connectivity index (χ0v) is 10.9. The molecule has 0 spiro atoms. The van der Waals surface area contributed by atoms with Gasteiger partial charge in [0.1, 0.15) is 5.54 Å². The van der Waals surface area contributed by atoms with E-state index in [-0.39, 0.29) is 0 Å². The van der Waals surface area contributed by atoms with Gasteiger partial charge in [0.05, 0.1) is 0 Å². The van der Waals surface area contributed by atoms with Crippen LogP contribution in [0.3, 0.4) is 0 Å². The average molecular weight is 235 g/mol. The Labute approximate surface area is 103 Å². The van der Waals surface area contributed by atoms with Crippen LogP contribution in [0.5, 0.6) is 0 Å². The van der Waals surface area contributed by atoms with Crippen LogP contribution in [-0.2, 0) is 4.79 Å². The molecule has 94 valence electrons. The predicted octanol–water partition coefficient (Wildman–Crippen LogP) is 3.30. The fraction of sp³-hybridized carbons (Fsp3) is 0.500. The summed E-state index contributed by atoms with van der Waals surface area (Å²) in [5, 5.41) is 12.5. The number of anilines is 1. The van der Waals surface area contributed by atoms with Crippen LogP contribution < -0.4 is 5.32 Å². The number of benzene rings is 1. The summed E-state index contributed by atoms with van der Waals surface area (Å²) in [5.74, 6) is -0.484. The fourth-order valence-corrected chi connectivity index (χ4v) is 2.02. The Balaban J connectivity index is 2.95. The Morgan fingerprint density at radius 3 is 2.47 bits per heavy atom. The van der Waals surface area contributed by atoms with Gasteiger partial charge in [-0.15, -0.1) is 0 Å². The van der Waals surface area contributed by atoms with Gasteiger partial charge in [-0.05, 0) is 37.8 Å². The van der Waals surface area contributed by atoms with Gasteiger partial charge in [-0.1, -0.05) is 32.0 Å². The van der Waals surface area contributed by atoms with Gasteiger partial charge >= 0.3 is 5.97 Å². The number of hydrogen-bond donors (Lipinski definition) is 2. The summed E-state index contributed by atoms with van der Waals surface area (Å²) in [4.78, 5) is 11.4. The zero-order valence-electron chi connectivity index (χ0n) is 10.9. The van der Waals surface area contributed by atoms with E-state index in [1.54, 1.807) is 6.92 Å². The van der Waals surface area contributed by atoms with Crippen LogP contribution in [0.15, 0.2) is 24.3 Å². The van der Waals surface area contributed by atoms with Crippen molar-refractivity contribution >= 4 is 11.7 Å². The monoisotopic (exact) mass is 235 g/mol. The number of carboxylic acids is 1. The van der Waals surface area contributed by atoms with Crippen LogP contribution in [0.25, 0.3) is 0 Å². The van der Waals surface area contributed by atoms with Crippen molar-refractivity contribution in [3.05, 3.63) is 29.8 Å². The van der Waals surface area contributed by atoms with Gasteiger partial charge in [-0.25, -0.2) is 4.79 Å². The maximum absolute atomic E-state index is 11.4. The SMILES string of the molecule is Cc1ccccc1NC(C)(CC(C)C)C(=O)O. The van der Waals surface area contributed by atoms with E-state index < -0.39 is 11.5 Å². The molecule has 0 bridgehead atoms. The van der Waals surface area contributed by atoms with Crippen molar-refractivity contribution in [1.29, 1.82) is 0 Å². The summed E-state index contributed by atoms with van der Waals surface area (Å²) in [6, 6.07) is 7.74. The number of carboxylic acid groups (broad SMARTS) is 1. The molecule has 0 aliphatic carbocycles. The van der Waals surface area contributed by atoms with E-state index in [9.17, 15) is 9.90 Å². The lowest BCUT2D eigenvalue weighted by Crippen LogP contribution is -2.44. The third kappa shape index (κ3) is 3.48. The molecule has 0 aliphatic rings. The molecule has 0 heterocycles. The van der Waals surface area contributed by atoms with Crippen LogP contribution in [0.1, 0.15) is 32.8 Å². The maximum atomic E-state index is 11.4. The molecular weight excluding hydrogens is 214 g/mol. The Bertz CT molecular complexity index is 401. The molecule has 2 N–H and O–H groups in total. The van der Waals surface area contributed by atoms with Gasteiger partial charge in [-0.3, -0.25) is 0 Å². The molecule has 0 saturated heterocycles. The lowest BCUT2D eigenvalue weighted by atomic mass is 9.90. The maximum Gasteiger partial charge on any atom is 0.329 e. The van der Waals surface area contributed by atoms with Gasteiger partial charge < -0.3 is 10.4 Å². The number of hydrogen-bond acceptors (Lipinski definition) is 2. The standard InChI is InChI=1S/C14H21NO2/c1-10(2)9-14(4,13(16)17)15-12-8-6-5-7-11(12)3/h5-8,10,15H,9H2,1-4H3,(H,16,17). The minimum absolute atomic E-state index is 0.326. The van der Waals surface area contributed by atoms with Crippen molar-refractivity contribution in [2.75, 3.05) is 5.32 Å². The summed E-state index contributed by atoms with van der Waals surface area (Å²) in [6.07, 6.45) is 0.594. The Hall–Kier alpha value is -1.51. The molecular formula is C14H21NO2. The molecule has 1 unspecified atom stereocenters. The second kappa shape index (κ2) is 5.21. The first-order valence-electron chi connectivity index (χ1n) is 5.92. The van der Waals surface area contributed by atoms with E-state index in [1.807, 2.05) is 45.0 Å². The third-order valence-corrected chi connectivity index (χ3v) is 2.84. The van der Waals surface area contributed by atoms with Gasteiger partial charge in [-0.2, -0.15) is 0 Å². The second-order valence-electron chi connectivity index (χ2n) is 5.18. The lowest BCUT2D eigenvalue weighted by molar-refractivity contribution is -0.142. The van der Waals surface area contributed by atoms with E-state index in [0.717, 1.165) is 11.3 Å². The molecule has 0 fully saturated rings. The molecule has 1 aromatic rings. The molecule has 1 aromatic carbocycles. The Morgan fingerprint density at radius 1 is 1.41 bits per heavy atom. The van der Waals surface area contributed by atoms with Crippen LogP contribution in [0.4, 0.5) is 5.69 Å². The van der Waals surface area contributed by atoms with Crippen LogP contribution >= 0.6 is 0 Å². The zero-order chi connectivity index (χ0) is 13.1. The van der Waals surface area contributed by atoms with Gasteiger partial charge in [0.15, 0.2) is 0 Å². The van der Waals surface area contributed by atoms with Crippen LogP contribution in [0, 0.1) is 12.8 Å². The summed E-state index contributed by atoms with van der Waals surface area (Å²) in [5.41, 5.74) is 1.03. The largest absolute Gasteiger partial charge is 0.480 e. The fourth-order valence-electron chi connectivity index (χ4n) is 2.02. The van der Waals surface area contributed by atoms with Gasteiger partial charge in [0.25, 0.3) is 0 Å². The second-order valence-corrected chi connectivity index (χ2v) is 5.18. The Morgan fingerprint density at radius 2 is 2.00 bits per heavy atom. The molecule has 0 radical (unpaired) electrons. The van der Waals surface area contributed by atoms with Crippen molar-refractivity contribution in [1.82, 2.24) is 0 Å². The molecule has 3 heteroatoms. The van der Waals surface area contributed by atoms with Crippen molar-refractivity contribution in [2.45, 2.75) is 39.7 Å². The third-order valence-electron chi connectivity index (χ3n) is 2.84. The topological polar surface area (TPSA) is 49.3 Å².